The molecule has 16 heavy (non-hydrogen) atoms. The summed E-state index contributed by atoms with van der Waals surface area (Å²) in [7, 11) is 0. The summed E-state index contributed by atoms with van der Waals surface area (Å²) in [6, 6.07) is 0. The summed E-state index contributed by atoms with van der Waals surface area (Å²) in [5, 5.41) is 6.72. The summed E-state index contributed by atoms with van der Waals surface area (Å²) in [6.07, 6.45) is 1.80. The Bertz CT molecular complexity index is 229. The van der Waals surface area contributed by atoms with Gasteiger partial charge in [-0.3, -0.25) is 4.79 Å². The van der Waals surface area contributed by atoms with E-state index in [1.165, 1.54) is 0 Å². The molecule has 94 valence electrons. The van der Waals surface area contributed by atoms with Gasteiger partial charge in [0.2, 0.25) is 0 Å². The summed E-state index contributed by atoms with van der Waals surface area (Å²) >= 11 is 0. The molecule has 2 atom stereocenters. The van der Waals surface area contributed by atoms with E-state index in [9.17, 15) is 4.79 Å². The highest BCUT2D eigenvalue weighted by Crippen LogP contribution is 2.28. The average molecular weight is 228 g/mol. The number of piperidine rings is 1. The quantitative estimate of drug-likeness (QED) is 0.687. The highest BCUT2D eigenvalue weighted by Gasteiger charge is 2.46. The first-order chi connectivity index (χ1) is 7.71. The standard InChI is InChI=1S/C12H24N2O2/c1-4-10-9-13-8-7-12(10,14-5-2)11(15)16-6-3/h10,13-14H,4-9H2,1-3H3. The Hall–Kier alpha value is -0.610. The first-order valence-corrected chi connectivity index (χ1v) is 6.34. The summed E-state index contributed by atoms with van der Waals surface area (Å²) in [5.41, 5.74) is -0.467. The maximum absolute atomic E-state index is 12.2. The van der Waals surface area contributed by atoms with Crippen molar-refractivity contribution in [2.75, 3.05) is 26.2 Å². The third-order valence-electron chi connectivity index (χ3n) is 3.41. The zero-order chi connectivity index (χ0) is 12.0. The molecule has 2 N–H and O–H groups in total. The lowest BCUT2D eigenvalue weighted by Crippen LogP contribution is -2.64. The number of rotatable bonds is 5. The second kappa shape index (κ2) is 6.21. The molecule has 0 saturated carbocycles. The molecule has 0 aromatic rings. The minimum atomic E-state index is -0.467. The number of hydrogen-bond donors (Lipinski definition) is 2. The van der Waals surface area contributed by atoms with Gasteiger partial charge in [-0.1, -0.05) is 13.8 Å². The minimum Gasteiger partial charge on any atom is -0.465 e. The van der Waals surface area contributed by atoms with E-state index < -0.39 is 5.54 Å². The van der Waals surface area contributed by atoms with Gasteiger partial charge < -0.3 is 15.4 Å². The third kappa shape index (κ3) is 2.55. The van der Waals surface area contributed by atoms with Gasteiger partial charge >= 0.3 is 5.97 Å². The topological polar surface area (TPSA) is 50.4 Å². The normalized spacial score (nSPS) is 30.1. The molecule has 1 saturated heterocycles. The van der Waals surface area contributed by atoms with Gasteiger partial charge in [-0.2, -0.15) is 0 Å². The molecular formula is C12H24N2O2. The van der Waals surface area contributed by atoms with E-state index >= 15 is 0 Å². The monoisotopic (exact) mass is 228 g/mol. The van der Waals surface area contributed by atoms with Gasteiger partial charge in [-0.25, -0.2) is 0 Å². The Balaban J connectivity index is 2.86. The molecule has 1 rings (SSSR count). The Morgan fingerprint density at radius 2 is 2.25 bits per heavy atom. The van der Waals surface area contributed by atoms with Crippen LogP contribution in [0.1, 0.15) is 33.6 Å². The lowest BCUT2D eigenvalue weighted by Gasteiger charge is -2.42. The van der Waals surface area contributed by atoms with E-state index in [4.69, 9.17) is 4.74 Å². The van der Waals surface area contributed by atoms with Gasteiger partial charge in [-0.15, -0.1) is 0 Å². The summed E-state index contributed by atoms with van der Waals surface area (Å²) in [5.74, 6) is 0.241. The molecule has 0 radical (unpaired) electrons. The largest absolute Gasteiger partial charge is 0.465 e. The molecule has 0 aromatic carbocycles. The predicted molar refractivity (Wildman–Crippen MR) is 64.3 cm³/mol. The number of carbonyl (C=O) groups is 1. The van der Waals surface area contributed by atoms with Crippen molar-refractivity contribution in [3.05, 3.63) is 0 Å². The third-order valence-corrected chi connectivity index (χ3v) is 3.41. The van der Waals surface area contributed by atoms with E-state index in [-0.39, 0.29) is 5.97 Å². The first kappa shape index (κ1) is 13.5. The van der Waals surface area contributed by atoms with Gasteiger partial charge in [-0.05, 0) is 32.9 Å². The number of ether oxygens (including phenoxy) is 1. The Morgan fingerprint density at radius 3 is 2.81 bits per heavy atom. The van der Waals surface area contributed by atoms with Crippen LogP contribution in [-0.4, -0.2) is 37.7 Å². The summed E-state index contributed by atoms with van der Waals surface area (Å²) in [6.45, 7) is 9.05. The van der Waals surface area contributed by atoms with Gasteiger partial charge in [0, 0.05) is 12.5 Å². The molecule has 0 amide bonds. The van der Waals surface area contributed by atoms with Crippen LogP contribution in [0.2, 0.25) is 0 Å². The van der Waals surface area contributed by atoms with E-state index in [2.05, 4.69) is 17.6 Å². The zero-order valence-corrected chi connectivity index (χ0v) is 10.6. The number of carbonyl (C=O) groups excluding carboxylic acids is 1. The molecule has 4 nitrogen and oxygen atoms in total. The van der Waals surface area contributed by atoms with Crippen molar-refractivity contribution in [2.24, 2.45) is 5.92 Å². The molecular weight excluding hydrogens is 204 g/mol. The van der Waals surface area contributed by atoms with Crippen molar-refractivity contribution in [3.63, 3.8) is 0 Å². The van der Waals surface area contributed by atoms with Gasteiger partial charge in [0.25, 0.3) is 0 Å². The predicted octanol–water partition coefficient (Wildman–Crippen LogP) is 0.917. The maximum Gasteiger partial charge on any atom is 0.326 e. The fourth-order valence-corrected chi connectivity index (χ4v) is 2.58. The van der Waals surface area contributed by atoms with E-state index in [0.29, 0.717) is 12.5 Å². The van der Waals surface area contributed by atoms with Crippen LogP contribution in [0.5, 0.6) is 0 Å². The molecule has 1 heterocycles. The highest BCUT2D eigenvalue weighted by molar-refractivity contribution is 5.81. The Morgan fingerprint density at radius 1 is 1.50 bits per heavy atom. The Labute approximate surface area is 98.1 Å². The number of nitrogens with one attached hydrogen (secondary N) is 2. The smallest absolute Gasteiger partial charge is 0.326 e. The lowest BCUT2D eigenvalue weighted by molar-refractivity contribution is -0.155. The molecule has 4 heteroatoms. The van der Waals surface area contributed by atoms with Crippen molar-refractivity contribution in [1.82, 2.24) is 10.6 Å². The zero-order valence-electron chi connectivity index (χ0n) is 10.6. The number of esters is 1. The van der Waals surface area contributed by atoms with Crippen molar-refractivity contribution in [1.29, 1.82) is 0 Å². The van der Waals surface area contributed by atoms with Crippen molar-refractivity contribution < 1.29 is 9.53 Å². The highest BCUT2D eigenvalue weighted by atomic mass is 16.5. The molecule has 0 spiro atoms. The van der Waals surface area contributed by atoms with Gasteiger partial charge in [0.15, 0.2) is 0 Å². The van der Waals surface area contributed by atoms with Crippen LogP contribution in [-0.2, 0) is 9.53 Å². The molecule has 1 aliphatic heterocycles. The summed E-state index contributed by atoms with van der Waals surface area (Å²) < 4.78 is 5.24. The van der Waals surface area contributed by atoms with E-state index in [1.807, 2.05) is 13.8 Å². The molecule has 1 aliphatic rings. The van der Waals surface area contributed by atoms with Gasteiger partial charge in [0.1, 0.15) is 5.54 Å². The molecule has 1 fully saturated rings. The maximum atomic E-state index is 12.2. The number of likely N-dealkylation sites (N-methyl/N-ethyl adjacent to an activating group) is 1. The van der Waals surface area contributed by atoms with Crippen molar-refractivity contribution >= 4 is 5.97 Å². The van der Waals surface area contributed by atoms with Crippen LogP contribution in [0, 0.1) is 5.92 Å². The van der Waals surface area contributed by atoms with Crippen LogP contribution in [0.25, 0.3) is 0 Å². The fourth-order valence-electron chi connectivity index (χ4n) is 2.58. The van der Waals surface area contributed by atoms with Crippen molar-refractivity contribution in [3.8, 4) is 0 Å². The lowest BCUT2D eigenvalue weighted by atomic mass is 9.76. The van der Waals surface area contributed by atoms with E-state index in [0.717, 1.165) is 32.5 Å². The first-order valence-electron chi connectivity index (χ1n) is 6.34. The molecule has 2 unspecified atom stereocenters. The number of hydrogen-bond acceptors (Lipinski definition) is 4. The molecule has 0 aromatic heterocycles. The van der Waals surface area contributed by atoms with Crippen LogP contribution in [0.4, 0.5) is 0 Å². The summed E-state index contributed by atoms with van der Waals surface area (Å²) in [4.78, 5) is 12.2. The average Bonchev–Trinajstić information content (AvgIpc) is 2.30. The minimum absolute atomic E-state index is 0.0785. The van der Waals surface area contributed by atoms with Crippen LogP contribution < -0.4 is 10.6 Å². The second-order valence-electron chi connectivity index (χ2n) is 4.28. The van der Waals surface area contributed by atoms with E-state index in [1.54, 1.807) is 0 Å². The van der Waals surface area contributed by atoms with Crippen LogP contribution in [0.3, 0.4) is 0 Å². The van der Waals surface area contributed by atoms with Crippen LogP contribution >= 0.6 is 0 Å². The Kier molecular flexibility index (Phi) is 5.22. The van der Waals surface area contributed by atoms with Crippen molar-refractivity contribution in [2.45, 2.75) is 39.2 Å². The molecule has 0 bridgehead atoms. The van der Waals surface area contributed by atoms with Crippen LogP contribution in [0.15, 0.2) is 0 Å². The fraction of sp³-hybridized carbons (Fsp3) is 0.917. The SMILES string of the molecule is CCNC1(C(=O)OCC)CCNCC1CC. The molecule has 0 aliphatic carbocycles. The van der Waals surface area contributed by atoms with Gasteiger partial charge in [0.05, 0.1) is 6.61 Å². The second-order valence-corrected chi connectivity index (χ2v) is 4.28.